The predicted octanol–water partition coefficient (Wildman–Crippen LogP) is 3.16. The zero-order chi connectivity index (χ0) is 22.8. The minimum atomic E-state index is -3.84. The number of esters is 1. The Morgan fingerprint density at radius 3 is 2.52 bits per heavy atom. The van der Waals surface area contributed by atoms with Crippen molar-refractivity contribution in [2.24, 2.45) is 0 Å². The standard InChI is InChI=1S/C22H25ClN2O5S/c1-4-22(2,21(27)30-3)24-20(26)18-13-17(9-10-19(18)23)31(28,29)25-12-11-15-7-5-6-8-16(15)14-25/h5-10,13H,4,11-12,14H2,1-3H3,(H,24,26). The monoisotopic (exact) mass is 464 g/mol. The number of amides is 1. The summed E-state index contributed by atoms with van der Waals surface area (Å²) in [6, 6.07) is 11.7. The van der Waals surface area contributed by atoms with Crippen LogP contribution >= 0.6 is 11.6 Å². The van der Waals surface area contributed by atoms with Gasteiger partial charge in [-0.3, -0.25) is 4.79 Å². The van der Waals surface area contributed by atoms with Gasteiger partial charge in [0.05, 0.1) is 22.6 Å². The van der Waals surface area contributed by atoms with Gasteiger partial charge >= 0.3 is 5.97 Å². The fourth-order valence-corrected chi connectivity index (χ4v) is 5.14. The highest BCUT2D eigenvalue weighted by molar-refractivity contribution is 7.89. The zero-order valence-corrected chi connectivity index (χ0v) is 19.2. The summed E-state index contributed by atoms with van der Waals surface area (Å²) >= 11 is 6.19. The van der Waals surface area contributed by atoms with E-state index in [1.54, 1.807) is 6.92 Å². The van der Waals surface area contributed by atoms with Crippen LogP contribution in [0.2, 0.25) is 5.02 Å². The van der Waals surface area contributed by atoms with Crippen LogP contribution in [-0.2, 0) is 32.5 Å². The molecule has 2 aromatic rings. The smallest absolute Gasteiger partial charge is 0.331 e. The van der Waals surface area contributed by atoms with E-state index in [0.717, 1.165) is 11.1 Å². The number of sulfonamides is 1. The van der Waals surface area contributed by atoms with Crippen LogP contribution in [0.15, 0.2) is 47.4 Å². The number of rotatable bonds is 6. The Morgan fingerprint density at radius 1 is 1.19 bits per heavy atom. The molecular formula is C22H25ClN2O5S. The van der Waals surface area contributed by atoms with E-state index in [0.29, 0.717) is 13.0 Å². The van der Waals surface area contributed by atoms with Gasteiger partial charge in [0.2, 0.25) is 10.0 Å². The third-order valence-electron chi connectivity index (χ3n) is 5.65. The number of carbonyl (C=O) groups is 2. The number of halogens is 1. The Morgan fingerprint density at radius 2 is 1.87 bits per heavy atom. The van der Waals surface area contributed by atoms with Gasteiger partial charge in [-0.25, -0.2) is 13.2 Å². The average molecular weight is 465 g/mol. The zero-order valence-electron chi connectivity index (χ0n) is 17.6. The Hall–Kier alpha value is -2.42. The Labute approximate surface area is 187 Å². The molecule has 0 saturated heterocycles. The SMILES string of the molecule is CCC(C)(NC(=O)c1cc(S(=O)(=O)N2CCc3ccccc3C2)ccc1Cl)C(=O)OC. The van der Waals surface area contributed by atoms with Crippen LogP contribution in [0.3, 0.4) is 0 Å². The molecule has 3 rings (SSSR count). The van der Waals surface area contributed by atoms with E-state index in [2.05, 4.69) is 5.32 Å². The largest absolute Gasteiger partial charge is 0.467 e. The number of fused-ring (bicyclic) bond motifs is 1. The molecule has 0 saturated carbocycles. The van der Waals surface area contributed by atoms with E-state index in [9.17, 15) is 18.0 Å². The van der Waals surface area contributed by atoms with Gasteiger partial charge in [-0.1, -0.05) is 42.8 Å². The summed E-state index contributed by atoms with van der Waals surface area (Å²) in [5, 5.41) is 2.70. The van der Waals surface area contributed by atoms with Crippen molar-refractivity contribution < 1.29 is 22.7 Å². The highest BCUT2D eigenvalue weighted by Gasteiger charge is 2.35. The van der Waals surface area contributed by atoms with Gasteiger partial charge in [0.15, 0.2) is 0 Å². The molecule has 0 bridgehead atoms. The second-order valence-corrected chi connectivity index (χ2v) is 9.98. The minimum Gasteiger partial charge on any atom is -0.467 e. The first-order chi connectivity index (χ1) is 14.6. The number of nitrogens with one attached hydrogen (secondary N) is 1. The van der Waals surface area contributed by atoms with Gasteiger partial charge < -0.3 is 10.1 Å². The Balaban J connectivity index is 1.90. The van der Waals surface area contributed by atoms with Crippen LogP contribution in [0.1, 0.15) is 41.8 Å². The topological polar surface area (TPSA) is 92.8 Å². The lowest BCUT2D eigenvalue weighted by molar-refractivity contribution is -0.147. The van der Waals surface area contributed by atoms with E-state index < -0.39 is 27.4 Å². The van der Waals surface area contributed by atoms with Crippen molar-refractivity contribution in [1.29, 1.82) is 0 Å². The highest BCUT2D eigenvalue weighted by Crippen LogP contribution is 2.28. The van der Waals surface area contributed by atoms with Crippen LogP contribution in [0.5, 0.6) is 0 Å². The Bertz CT molecular complexity index is 1120. The molecule has 9 heteroatoms. The second-order valence-electron chi connectivity index (χ2n) is 7.63. The van der Waals surface area contributed by atoms with Gasteiger partial charge in [-0.2, -0.15) is 4.31 Å². The van der Waals surface area contributed by atoms with Crippen LogP contribution in [0.4, 0.5) is 0 Å². The maximum atomic E-state index is 13.3. The lowest BCUT2D eigenvalue weighted by atomic mass is 9.98. The molecule has 166 valence electrons. The average Bonchev–Trinajstić information content (AvgIpc) is 2.77. The maximum Gasteiger partial charge on any atom is 0.331 e. The molecule has 1 N–H and O–H groups in total. The molecule has 0 aromatic heterocycles. The van der Waals surface area contributed by atoms with Gasteiger partial charge in [-0.15, -0.1) is 0 Å². The first kappa shape index (κ1) is 23.2. The first-order valence-corrected chi connectivity index (χ1v) is 11.7. The third-order valence-corrected chi connectivity index (χ3v) is 7.82. The Kier molecular flexibility index (Phi) is 6.73. The van der Waals surface area contributed by atoms with Crippen molar-refractivity contribution in [3.8, 4) is 0 Å². The molecule has 0 radical (unpaired) electrons. The number of hydrogen-bond acceptors (Lipinski definition) is 5. The van der Waals surface area contributed by atoms with Crippen molar-refractivity contribution in [1.82, 2.24) is 9.62 Å². The number of methoxy groups -OCH3 is 1. The number of benzene rings is 2. The summed E-state index contributed by atoms with van der Waals surface area (Å²) in [4.78, 5) is 24.9. The van der Waals surface area contributed by atoms with Crippen molar-refractivity contribution in [3.05, 3.63) is 64.2 Å². The van der Waals surface area contributed by atoms with Crippen LogP contribution < -0.4 is 5.32 Å². The quantitative estimate of drug-likeness (QED) is 0.663. The molecule has 1 heterocycles. The van der Waals surface area contributed by atoms with Gasteiger partial charge in [-0.05, 0) is 49.1 Å². The number of nitrogens with zero attached hydrogens (tertiary/aromatic N) is 1. The minimum absolute atomic E-state index is 0.0243. The fourth-order valence-electron chi connectivity index (χ4n) is 3.49. The highest BCUT2D eigenvalue weighted by atomic mass is 35.5. The van der Waals surface area contributed by atoms with Gasteiger partial charge in [0, 0.05) is 13.1 Å². The number of carbonyl (C=O) groups excluding carboxylic acids is 2. The molecule has 0 aliphatic carbocycles. The lowest BCUT2D eigenvalue weighted by Gasteiger charge is -2.28. The summed E-state index contributed by atoms with van der Waals surface area (Å²) in [6.07, 6.45) is 0.901. The fraction of sp³-hybridized carbons (Fsp3) is 0.364. The van der Waals surface area contributed by atoms with E-state index in [4.69, 9.17) is 16.3 Å². The summed E-state index contributed by atoms with van der Waals surface area (Å²) < 4.78 is 32.7. The van der Waals surface area contributed by atoms with Crippen LogP contribution in [0.25, 0.3) is 0 Å². The molecule has 1 aliphatic rings. The second kappa shape index (κ2) is 8.98. The van der Waals surface area contributed by atoms with E-state index in [-0.39, 0.29) is 28.4 Å². The van der Waals surface area contributed by atoms with E-state index >= 15 is 0 Å². The third kappa shape index (κ3) is 4.61. The molecule has 1 aliphatic heterocycles. The normalized spacial score (nSPS) is 16.1. The lowest BCUT2D eigenvalue weighted by Crippen LogP contribution is -2.52. The molecule has 1 amide bonds. The van der Waals surface area contributed by atoms with Crippen molar-refractivity contribution >= 4 is 33.5 Å². The number of hydrogen-bond donors (Lipinski definition) is 1. The summed E-state index contributed by atoms with van der Waals surface area (Å²) in [7, 11) is -2.61. The summed E-state index contributed by atoms with van der Waals surface area (Å²) in [5.74, 6) is -1.25. The predicted molar refractivity (Wildman–Crippen MR) is 117 cm³/mol. The van der Waals surface area contributed by atoms with Gasteiger partial charge in [0.1, 0.15) is 5.54 Å². The molecule has 0 spiro atoms. The number of ether oxygens (including phenoxy) is 1. The molecule has 2 aromatic carbocycles. The van der Waals surface area contributed by atoms with E-state index in [1.807, 2.05) is 24.3 Å². The van der Waals surface area contributed by atoms with Crippen LogP contribution in [0, 0.1) is 0 Å². The molecule has 31 heavy (non-hydrogen) atoms. The van der Waals surface area contributed by atoms with Crippen molar-refractivity contribution in [2.45, 2.75) is 43.7 Å². The van der Waals surface area contributed by atoms with Crippen LogP contribution in [-0.4, -0.2) is 43.8 Å². The van der Waals surface area contributed by atoms with Crippen molar-refractivity contribution in [2.75, 3.05) is 13.7 Å². The molecule has 0 fully saturated rings. The van der Waals surface area contributed by atoms with E-state index in [1.165, 1.54) is 36.5 Å². The molecule has 1 unspecified atom stereocenters. The van der Waals surface area contributed by atoms with Crippen molar-refractivity contribution in [3.63, 3.8) is 0 Å². The molecular weight excluding hydrogens is 440 g/mol. The summed E-state index contributed by atoms with van der Waals surface area (Å²) in [6.45, 7) is 3.88. The summed E-state index contributed by atoms with van der Waals surface area (Å²) in [5.41, 5.74) is 0.803. The first-order valence-electron chi connectivity index (χ1n) is 9.90. The van der Waals surface area contributed by atoms with Gasteiger partial charge in [0.25, 0.3) is 5.91 Å². The molecule has 1 atom stereocenters. The maximum absolute atomic E-state index is 13.3. The molecule has 7 nitrogen and oxygen atoms in total.